The Morgan fingerprint density at radius 2 is 2.00 bits per heavy atom. The number of hydrogen-bond acceptors (Lipinski definition) is 7. The predicted octanol–water partition coefficient (Wildman–Crippen LogP) is 4.27. The first-order valence-corrected chi connectivity index (χ1v) is 10.2. The first-order chi connectivity index (χ1) is 14.4. The molecule has 0 aliphatic carbocycles. The van der Waals surface area contributed by atoms with Crippen LogP contribution in [0.5, 0.6) is 5.75 Å². The van der Waals surface area contributed by atoms with Crippen LogP contribution in [0.4, 0.5) is 11.4 Å². The third kappa shape index (κ3) is 4.89. The summed E-state index contributed by atoms with van der Waals surface area (Å²) in [5, 5.41) is 22.6. The molecular weight excluding hydrogens is 430 g/mol. The van der Waals surface area contributed by atoms with Crippen molar-refractivity contribution >= 4 is 40.6 Å². The van der Waals surface area contributed by atoms with Gasteiger partial charge in [-0.3, -0.25) is 14.9 Å². The second kappa shape index (κ2) is 9.59. The van der Waals surface area contributed by atoms with Crippen molar-refractivity contribution in [2.45, 2.75) is 18.6 Å². The summed E-state index contributed by atoms with van der Waals surface area (Å²) in [7, 11) is 1.60. The van der Waals surface area contributed by atoms with E-state index in [1.807, 2.05) is 35.8 Å². The molecule has 1 N–H and O–H groups in total. The molecule has 1 amide bonds. The molecule has 2 aromatic carbocycles. The minimum Gasteiger partial charge on any atom is -0.497 e. The number of carbonyl (C=O) groups excluding carboxylic acids is 1. The number of aromatic nitrogens is 3. The lowest BCUT2D eigenvalue weighted by atomic mass is 10.2. The summed E-state index contributed by atoms with van der Waals surface area (Å²) in [5.74, 6) is 1.18. The number of nitrogens with zero attached hydrogens (tertiary/aromatic N) is 4. The van der Waals surface area contributed by atoms with Gasteiger partial charge >= 0.3 is 0 Å². The van der Waals surface area contributed by atoms with Crippen LogP contribution >= 0.6 is 23.4 Å². The van der Waals surface area contributed by atoms with Crippen molar-refractivity contribution in [3.63, 3.8) is 0 Å². The van der Waals surface area contributed by atoms with E-state index in [2.05, 4.69) is 15.5 Å². The van der Waals surface area contributed by atoms with Gasteiger partial charge in [-0.15, -0.1) is 10.2 Å². The average Bonchev–Trinajstić information content (AvgIpc) is 3.16. The zero-order valence-corrected chi connectivity index (χ0v) is 17.7. The van der Waals surface area contributed by atoms with Crippen LogP contribution in [-0.2, 0) is 11.3 Å². The van der Waals surface area contributed by atoms with Crippen molar-refractivity contribution in [2.24, 2.45) is 0 Å². The fraction of sp³-hybridized carbons (Fsp3) is 0.211. The molecule has 1 heterocycles. The molecule has 3 aromatic rings. The van der Waals surface area contributed by atoms with Gasteiger partial charge in [0.1, 0.15) is 10.8 Å². The number of hydrogen-bond donors (Lipinski definition) is 1. The van der Waals surface area contributed by atoms with Gasteiger partial charge in [-0.1, -0.05) is 23.4 Å². The second-order valence-electron chi connectivity index (χ2n) is 6.04. The van der Waals surface area contributed by atoms with Gasteiger partial charge in [0.25, 0.3) is 5.69 Å². The Hall–Kier alpha value is -3.11. The van der Waals surface area contributed by atoms with Gasteiger partial charge in [0.2, 0.25) is 5.91 Å². The molecular formula is C19H18ClN5O4S. The number of nitrogens with one attached hydrogen (secondary N) is 1. The number of benzene rings is 2. The highest BCUT2D eigenvalue weighted by molar-refractivity contribution is 7.99. The van der Waals surface area contributed by atoms with Gasteiger partial charge in [-0.25, -0.2) is 0 Å². The number of thioether (sulfide) groups is 1. The lowest BCUT2D eigenvalue weighted by Gasteiger charge is -2.08. The number of methoxy groups -OCH3 is 1. The smallest absolute Gasteiger partial charge is 0.289 e. The number of amides is 1. The van der Waals surface area contributed by atoms with E-state index < -0.39 is 4.92 Å². The monoisotopic (exact) mass is 447 g/mol. The summed E-state index contributed by atoms with van der Waals surface area (Å²) < 4.78 is 7.08. The van der Waals surface area contributed by atoms with E-state index >= 15 is 0 Å². The number of nitro groups is 1. The average molecular weight is 448 g/mol. The molecule has 0 bridgehead atoms. The number of halogens is 1. The molecule has 11 heteroatoms. The molecule has 0 radical (unpaired) electrons. The number of anilines is 1. The molecule has 3 rings (SSSR count). The van der Waals surface area contributed by atoms with E-state index in [0.29, 0.717) is 23.2 Å². The van der Waals surface area contributed by atoms with Gasteiger partial charge in [0.15, 0.2) is 11.0 Å². The quantitative estimate of drug-likeness (QED) is 0.311. The molecule has 1 aromatic heterocycles. The zero-order chi connectivity index (χ0) is 21.7. The maximum Gasteiger partial charge on any atom is 0.289 e. The first kappa shape index (κ1) is 21.6. The molecule has 0 aliphatic rings. The second-order valence-corrected chi connectivity index (χ2v) is 7.39. The number of ether oxygens (including phenoxy) is 1. The number of carbonyl (C=O) groups is 1. The summed E-state index contributed by atoms with van der Waals surface area (Å²) >= 11 is 7.02. The summed E-state index contributed by atoms with van der Waals surface area (Å²) in [5.41, 5.74) is 0.916. The van der Waals surface area contributed by atoms with E-state index in [4.69, 9.17) is 16.3 Å². The van der Waals surface area contributed by atoms with E-state index in [-0.39, 0.29) is 22.4 Å². The normalized spacial score (nSPS) is 10.6. The maximum absolute atomic E-state index is 12.3. The highest BCUT2D eigenvalue weighted by Gasteiger charge is 2.16. The Kier molecular flexibility index (Phi) is 6.91. The van der Waals surface area contributed by atoms with Crippen LogP contribution in [0.3, 0.4) is 0 Å². The highest BCUT2D eigenvalue weighted by Crippen LogP contribution is 2.28. The summed E-state index contributed by atoms with van der Waals surface area (Å²) in [6.45, 7) is 2.59. The highest BCUT2D eigenvalue weighted by atomic mass is 35.5. The number of nitro benzene ring substituents is 1. The lowest BCUT2D eigenvalue weighted by molar-refractivity contribution is -0.384. The third-order valence-corrected chi connectivity index (χ3v) is 5.43. The topological polar surface area (TPSA) is 112 Å². The van der Waals surface area contributed by atoms with Crippen molar-refractivity contribution in [2.75, 3.05) is 18.2 Å². The molecule has 9 nitrogen and oxygen atoms in total. The van der Waals surface area contributed by atoms with Crippen molar-refractivity contribution in [1.82, 2.24) is 14.8 Å². The standard InChI is InChI=1S/C19H18ClN5O4S/c1-3-24-18(12-4-7-14(29-2)8-5-12)22-23-19(24)30-11-17(26)21-13-6-9-15(20)16(10-13)25(27)28/h4-10H,3,11H2,1-2H3,(H,21,26). The molecule has 0 fully saturated rings. The third-order valence-electron chi connectivity index (χ3n) is 4.14. The summed E-state index contributed by atoms with van der Waals surface area (Å²) in [6, 6.07) is 11.6. The predicted molar refractivity (Wildman–Crippen MR) is 115 cm³/mol. The largest absolute Gasteiger partial charge is 0.497 e. The summed E-state index contributed by atoms with van der Waals surface area (Å²) in [6.07, 6.45) is 0. The molecule has 30 heavy (non-hydrogen) atoms. The Labute approximate surface area is 181 Å². The Balaban J connectivity index is 1.68. The Morgan fingerprint density at radius 3 is 2.63 bits per heavy atom. The molecule has 0 saturated carbocycles. The van der Waals surface area contributed by atoms with Crippen LogP contribution in [0.2, 0.25) is 5.02 Å². The van der Waals surface area contributed by atoms with Crippen LogP contribution in [0.25, 0.3) is 11.4 Å². The van der Waals surface area contributed by atoms with Gasteiger partial charge in [0, 0.05) is 23.9 Å². The van der Waals surface area contributed by atoms with Gasteiger partial charge in [-0.05, 0) is 43.3 Å². The van der Waals surface area contributed by atoms with E-state index in [1.54, 1.807) is 7.11 Å². The van der Waals surface area contributed by atoms with Gasteiger partial charge in [0.05, 0.1) is 17.8 Å². The Morgan fingerprint density at radius 1 is 1.27 bits per heavy atom. The van der Waals surface area contributed by atoms with Crippen LogP contribution in [-0.4, -0.2) is 38.5 Å². The van der Waals surface area contributed by atoms with E-state index in [9.17, 15) is 14.9 Å². The minimum atomic E-state index is -0.600. The molecule has 0 aliphatic heterocycles. The molecule has 0 unspecified atom stereocenters. The van der Waals surface area contributed by atoms with Crippen molar-refractivity contribution in [1.29, 1.82) is 0 Å². The summed E-state index contributed by atoms with van der Waals surface area (Å²) in [4.78, 5) is 22.7. The van der Waals surface area contributed by atoms with Crippen LogP contribution in [0.1, 0.15) is 6.92 Å². The van der Waals surface area contributed by atoms with Crippen LogP contribution < -0.4 is 10.1 Å². The maximum atomic E-state index is 12.3. The number of rotatable bonds is 8. The van der Waals surface area contributed by atoms with Crippen molar-refractivity contribution in [3.05, 3.63) is 57.6 Å². The molecule has 0 spiro atoms. The van der Waals surface area contributed by atoms with Crippen molar-refractivity contribution < 1.29 is 14.5 Å². The lowest BCUT2D eigenvalue weighted by Crippen LogP contribution is -2.14. The van der Waals surface area contributed by atoms with Gasteiger partial charge < -0.3 is 14.6 Å². The minimum absolute atomic E-state index is 0.00878. The van der Waals surface area contributed by atoms with Crippen molar-refractivity contribution in [3.8, 4) is 17.1 Å². The van der Waals surface area contributed by atoms with Crippen LogP contribution in [0.15, 0.2) is 47.6 Å². The Bertz CT molecular complexity index is 1070. The van der Waals surface area contributed by atoms with E-state index in [0.717, 1.165) is 11.3 Å². The first-order valence-electron chi connectivity index (χ1n) is 8.87. The fourth-order valence-corrected chi connectivity index (χ4v) is 3.68. The van der Waals surface area contributed by atoms with Gasteiger partial charge in [-0.2, -0.15) is 0 Å². The zero-order valence-electron chi connectivity index (χ0n) is 16.2. The SMILES string of the molecule is CCn1c(SCC(=O)Nc2ccc(Cl)c([N+](=O)[O-])c2)nnc1-c1ccc(OC)cc1. The fourth-order valence-electron chi connectivity index (χ4n) is 2.69. The van der Waals surface area contributed by atoms with E-state index in [1.165, 1.54) is 30.0 Å². The molecule has 0 saturated heterocycles. The molecule has 0 atom stereocenters. The molecule has 156 valence electrons. The van der Waals surface area contributed by atoms with Crippen LogP contribution in [0, 0.1) is 10.1 Å².